The molecule has 6 nitrogen and oxygen atoms in total. The molecular formula is C12H14BrN5O. The first-order valence-electron chi connectivity index (χ1n) is 5.65. The Balaban J connectivity index is 2.14. The normalized spacial score (nSPS) is 10.5. The number of hydrogen-bond donors (Lipinski definition) is 2. The minimum atomic E-state index is -0.160. The van der Waals surface area contributed by atoms with Crippen LogP contribution >= 0.6 is 15.9 Å². The highest BCUT2D eigenvalue weighted by Gasteiger charge is 2.16. The van der Waals surface area contributed by atoms with Crippen LogP contribution in [0.1, 0.15) is 22.0 Å². The van der Waals surface area contributed by atoms with Crippen LogP contribution in [0.3, 0.4) is 0 Å². The topological polar surface area (TPSA) is 87.9 Å². The molecule has 1 heterocycles. The van der Waals surface area contributed by atoms with Crippen LogP contribution in [-0.2, 0) is 6.54 Å². The molecule has 7 heteroatoms. The fraction of sp³-hybridized carbons (Fsp3) is 0.250. The third-order valence-corrected chi connectivity index (χ3v) is 3.11. The van der Waals surface area contributed by atoms with Crippen molar-refractivity contribution in [2.45, 2.75) is 13.5 Å². The van der Waals surface area contributed by atoms with Gasteiger partial charge >= 0.3 is 0 Å². The van der Waals surface area contributed by atoms with Gasteiger partial charge in [0.25, 0.3) is 5.91 Å². The molecule has 2 aromatic rings. The van der Waals surface area contributed by atoms with Crippen LogP contribution in [0.2, 0.25) is 0 Å². The summed E-state index contributed by atoms with van der Waals surface area (Å²) in [5, 5.41) is 6.74. The van der Waals surface area contributed by atoms with Crippen LogP contribution in [-0.4, -0.2) is 33.0 Å². The number of H-pyrrole nitrogens is 1. The zero-order valence-corrected chi connectivity index (χ0v) is 12.2. The Kier molecular flexibility index (Phi) is 3.84. The highest BCUT2D eigenvalue weighted by Crippen LogP contribution is 2.20. The monoisotopic (exact) mass is 323 g/mol. The molecule has 0 unspecified atom stereocenters. The number of aromatic amines is 1. The van der Waals surface area contributed by atoms with Gasteiger partial charge in [0, 0.05) is 17.2 Å². The standard InChI is InChI=1S/C12H14BrN5O/c1-7-15-11(17-16-7)6-18(2)12(19)9-4-3-8(13)5-10(9)14/h3-5H,6,14H2,1-2H3,(H,15,16,17). The highest BCUT2D eigenvalue weighted by atomic mass is 79.9. The van der Waals surface area contributed by atoms with E-state index in [9.17, 15) is 4.79 Å². The zero-order valence-electron chi connectivity index (χ0n) is 10.6. The number of nitrogen functional groups attached to an aromatic ring is 1. The second-order valence-corrected chi connectivity index (χ2v) is 5.15. The lowest BCUT2D eigenvalue weighted by molar-refractivity contribution is 0.0782. The Morgan fingerprint density at radius 3 is 2.84 bits per heavy atom. The fourth-order valence-corrected chi connectivity index (χ4v) is 2.06. The van der Waals surface area contributed by atoms with E-state index in [4.69, 9.17) is 5.73 Å². The van der Waals surface area contributed by atoms with Crippen molar-refractivity contribution < 1.29 is 4.79 Å². The number of carbonyl (C=O) groups excluding carboxylic acids is 1. The van der Waals surface area contributed by atoms with Gasteiger partial charge in [0.1, 0.15) is 5.82 Å². The average molecular weight is 324 g/mol. The van der Waals surface area contributed by atoms with Crippen molar-refractivity contribution in [1.82, 2.24) is 20.1 Å². The first-order chi connectivity index (χ1) is 8.97. The van der Waals surface area contributed by atoms with E-state index in [1.807, 2.05) is 6.92 Å². The van der Waals surface area contributed by atoms with Crippen LogP contribution in [0.15, 0.2) is 22.7 Å². The van der Waals surface area contributed by atoms with E-state index in [2.05, 4.69) is 31.1 Å². The maximum Gasteiger partial charge on any atom is 0.256 e. The van der Waals surface area contributed by atoms with Crippen LogP contribution in [0.4, 0.5) is 5.69 Å². The lowest BCUT2D eigenvalue weighted by atomic mass is 10.1. The van der Waals surface area contributed by atoms with Crippen LogP contribution in [0.5, 0.6) is 0 Å². The summed E-state index contributed by atoms with van der Waals surface area (Å²) >= 11 is 3.31. The summed E-state index contributed by atoms with van der Waals surface area (Å²) in [6.07, 6.45) is 0. The third kappa shape index (κ3) is 3.11. The number of amides is 1. The van der Waals surface area contributed by atoms with Crippen LogP contribution < -0.4 is 5.73 Å². The molecule has 1 aromatic carbocycles. The molecule has 100 valence electrons. The van der Waals surface area contributed by atoms with E-state index in [1.165, 1.54) is 4.90 Å². The highest BCUT2D eigenvalue weighted by molar-refractivity contribution is 9.10. The molecule has 0 saturated heterocycles. The summed E-state index contributed by atoms with van der Waals surface area (Å²) in [6, 6.07) is 5.19. The van der Waals surface area contributed by atoms with Gasteiger partial charge < -0.3 is 10.6 Å². The van der Waals surface area contributed by atoms with Crippen molar-refractivity contribution in [2.75, 3.05) is 12.8 Å². The van der Waals surface area contributed by atoms with Gasteiger partial charge in [-0.3, -0.25) is 9.89 Å². The van der Waals surface area contributed by atoms with Crippen LogP contribution in [0, 0.1) is 6.92 Å². The Morgan fingerprint density at radius 1 is 1.53 bits per heavy atom. The lowest BCUT2D eigenvalue weighted by Crippen LogP contribution is -2.27. The largest absolute Gasteiger partial charge is 0.398 e. The van der Waals surface area contributed by atoms with Gasteiger partial charge in [-0.15, -0.1) is 0 Å². The van der Waals surface area contributed by atoms with Crippen molar-refractivity contribution in [3.63, 3.8) is 0 Å². The van der Waals surface area contributed by atoms with Gasteiger partial charge in [-0.1, -0.05) is 15.9 Å². The fourth-order valence-electron chi connectivity index (χ4n) is 1.68. The molecule has 0 saturated carbocycles. The number of nitrogens with zero attached hydrogens (tertiary/aromatic N) is 3. The Hall–Kier alpha value is -1.89. The second-order valence-electron chi connectivity index (χ2n) is 4.23. The molecule has 0 spiro atoms. The lowest BCUT2D eigenvalue weighted by Gasteiger charge is -2.16. The van der Waals surface area contributed by atoms with Gasteiger partial charge in [-0.05, 0) is 25.1 Å². The molecule has 2 rings (SSSR count). The summed E-state index contributed by atoms with van der Waals surface area (Å²) in [7, 11) is 1.69. The number of aromatic nitrogens is 3. The predicted molar refractivity (Wildman–Crippen MR) is 75.5 cm³/mol. The van der Waals surface area contributed by atoms with E-state index in [0.717, 1.165) is 10.3 Å². The summed E-state index contributed by atoms with van der Waals surface area (Å²) in [6.45, 7) is 2.14. The predicted octanol–water partition coefficient (Wildman–Crippen LogP) is 1.73. The summed E-state index contributed by atoms with van der Waals surface area (Å²) in [5.41, 5.74) is 6.76. The van der Waals surface area contributed by atoms with Crippen LogP contribution in [0.25, 0.3) is 0 Å². The van der Waals surface area contributed by atoms with Crippen molar-refractivity contribution in [2.24, 2.45) is 0 Å². The molecule has 0 fully saturated rings. The molecule has 0 bridgehead atoms. The first kappa shape index (κ1) is 13.5. The molecule has 0 aliphatic heterocycles. The molecule has 0 aliphatic rings. The Bertz CT molecular complexity index is 610. The van der Waals surface area contributed by atoms with E-state index >= 15 is 0 Å². The van der Waals surface area contributed by atoms with Gasteiger partial charge in [-0.25, -0.2) is 4.98 Å². The number of hydrogen-bond acceptors (Lipinski definition) is 4. The maximum atomic E-state index is 12.3. The number of halogens is 1. The van der Waals surface area contributed by atoms with E-state index in [-0.39, 0.29) is 5.91 Å². The molecule has 0 radical (unpaired) electrons. The minimum Gasteiger partial charge on any atom is -0.398 e. The van der Waals surface area contributed by atoms with Gasteiger partial charge in [-0.2, -0.15) is 5.10 Å². The average Bonchev–Trinajstić information content (AvgIpc) is 2.74. The van der Waals surface area contributed by atoms with E-state index < -0.39 is 0 Å². The molecule has 1 aromatic heterocycles. The SMILES string of the molecule is Cc1nc(CN(C)C(=O)c2ccc(Br)cc2N)n[nH]1. The number of anilines is 1. The number of rotatable bonds is 3. The number of carbonyl (C=O) groups is 1. The first-order valence-corrected chi connectivity index (χ1v) is 6.45. The van der Waals surface area contributed by atoms with Gasteiger partial charge in [0.05, 0.1) is 12.1 Å². The van der Waals surface area contributed by atoms with Crippen molar-refractivity contribution >= 4 is 27.5 Å². The molecular weight excluding hydrogens is 310 g/mol. The van der Waals surface area contributed by atoms with Gasteiger partial charge in [0.2, 0.25) is 0 Å². The molecule has 1 amide bonds. The summed E-state index contributed by atoms with van der Waals surface area (Å²) in [4.78, 5) is 17.9. The Labute approximate surface area is 119 Å². The molecule has 0 atom stereocenters. The number of benzene rings is 1. The summed E-state index contributed by atoms with van der Waals surface area (Å²) < 4.78 is 0.841. The number of aryl methyl sites for hydroxylation is 1. The summed E-state index contributed by atoms with van der Waals surface area (Å²) in [5.74, 6) is 1.13. The Morgan fingerprint density at radius 2 is 2.26 bits per heavy atom. The maximum absolute atomic E-state index is 12.3. The van der Waals surface area contributed by atoms with E-state index in [0.29, 0.717) is 23.6 Å². The second kappa shape index (κ2) is 5.40. The number of nitrogens with one attached hydrogen (secondary N) is 1. The molecule has 19 heavy (non-hydrogen) atoms. The molecule has 3 N–H and O–H groups in total. The minimum absolute atomic E-state index is 0.160. The smallest absolute Gasteiger partial charge is 0.256 e. The van der Waals surface area contributed by atoms with Crippen molar-refractivity contribution in [3.05, 3.63) is 39.9 Å². The third-order valence-electron chi connectivity index (χ3n) is 2.61. The van der Waals surface area contributed by atoms with Crippen molar-refractivity contribution in [1.29, 1.82) is 0 Å². The number of nitrogens with two attached hydrogens (primary N) is 1. The quantitative estimate of drug-likeness (QED) is 0.842. The van der Waals surface area contributed by atoms with Gasteiger partial charge in [0.15, 0.2) is 5.82 Å². The van der Waals surface area contributed by atoms with Crippen molar-refractivity contribution in [3.8, 4) is 0 Å². The van der Waals surface area contributed by atoms with E-state index in [1.54, 1.807) is 25.2 Å². The molecule has 0 aliphatic carbocycles. The zero-order chi connectivity index (χ0) is 14.0.